The lowest BCUT2D eigenvalue weighted by atomic mass is 10.1. The largest absolute Gasteiger partial charge is 0.380 e. The van der Waals surface area contributed by atoms with E-state index < -0.39 is 0 Å². The Balaban J connectivity index is 1.57. The monoisotopic (exact) mass is 428 g/mol. The summed E-state index contributed by atoms with van der Waals surface area (Å²) in [5.74, 6) is 0.787. The van der Waals surface area contributed by atoms with E-state index in [1.165, 1.54) is 11.8 Å². The number of ether oxygens (including phenoxy) is 1. The fraction of sp³-hybridized carbons (Fsp3) is 0.429. The van der Waals surface area contributed by atoms with Gasteiger partial charge >= 0.3 is 0 Å². The molecule has 0 aliphatic rings. The fourth-order valence-electron chi connectivity index (χ4n) is 3.00. The number of hydrogen-bond acceptors (Lipinski definition) is 7. The molecule has 0 aliphatic heterocycles. The molecule has 0 aliphatic carbocycles. The number of carbonyl (C=O) groups excluding carboxylic acids is 1. The van der Waals surface area contributed by atoms with E-state index in [-0.39, 0.29) is 5.91 Å². The number of fused-ring (bicyclic) bond motifs is 1. The van der Waals surface area contributed by atoms with Gasteiger partial charge in [-0.15, -0.1) is 0 Å². The molecule has 160 valence electrons. The van der Waals surface area contributed by atoms with Crippen LogP contribution in [0.15, 0.2) is 41.7 Å². The Morgan fingerprint density at radius 3 is 2.80 bits per heavy atom. The zero-order valence-corrected chi connectivity index (χ0v) is 18.2. The van der Waals surface area contributed by atoms with Gasteiger partial charge < -0.3 is 15.4 Å². The molecule has 30 heavy (non-hydrogen) atoms. The molecule has 1 aromatic carbocycles. The van der Waals surface area contributed by atoms with Gasteiger partial charge in [-0.2, -0.15) is 5.10 Å². The number of amides is 1. The van der Waals surface area contributed by atoms with Crippen LogP contribution >= 0.6 is 11.8 Å². The maximum absolute atomic E-state index is 12.1. The number of aromatic nitrogens is 4. The molecule has 0 fully saturated rings. The normalized spacial score (nSPS) is 11.0. The second kappa shape index (κ2) is 11.5. The average molecular weight is 429 g/mol. The van der Waals surface area contributed by atoms with E-state index in [2.05, 4.69) is 25.7 Å². The molecule has 0 saturated carbocycles. The number of nitrogens with one attached hydrogen (secondary N) is 2. The van der Waals surface area contributed by atoms with Crippen LogP contribution in [0.4, 0.5) is 5.82 Å². The van der Waals surface area contributed by atoms with Crippen LogP contribution in [-0.2, 0) is 22.5 Å². The molecule has 0 atom stereocenters. The smallest absolute Gasteiger partial charge is 0.220 e. The molecule has 0 bridgehead atoms. The molecule has 0 unspecified atom stereocenters. The van der Waals surface area contributed by atoms with Crippen molar-refractivity contribution in [2.24, 2.45) is 0 Å². The van der Waals surface area contributed by atoms with Gasteiger partial charge in [-0.1, -0.05) is 42.1 Å². The van der Waals surface area contributed by atoms with E-state index in [0.717, 1.165) is 28.8 Å². The van der Waals surface area contributed by atoms with Crippen LogP contribution < -0.4 is 10.6 Å². The molecule has 2 N–H and O–H groups in total. The second-order valence-electron chi connectivity index (χ2n) is 6.62. The number of rotatable bonds is 12. The Hall–Kier alpha value is -2.65. The minimum absolute atomic E-state index is 0.0352. The van der Waals surface area contributed by atoms with Crippen molar-refractivity contribution in [1.29, 1.82) is 0 Å². The molecule has 1 amide bonds. The Kier molecular flexibility index (Phi) is 8.46. The van der Waals surface area contributed by atoms with Crippen LogP contribution in [-0.4, -0.2) is 58.2 Å². The summed E-state index contributed by atoms with van der Waals surface area (Å²) < 4.78 is 7.19. The van der Waals surface area contributed by atoms with Gasteiger partial charge in [0.2, 0.25) is 5.91 Å². The molecule has 3 rings (SSSR count). The van der Waals surface area contributed by atoms with Crippen molar-refractivity contribution in [2.45, 2.75) is 31.5 Å². The third kappa shape index (κ3) is 6.17. The highest BCUT2D eigenvalue weighted by molar-refractivity contribution is 7.98. The highest BCUT2D eigenvalue weighted by Crippen LogP contribution is 2.23. The van der Waals surface area contributed by atoms with Crippen LogP contribution in [0.1, 0.15) is 18.9 Å². The van der Waals surface area contributed by atoms with Gasteiger partial charge in [0, 0.05) is 26.1 Å². The van der Waals surface area contributed by atoms with Crippen molar-refractivity contribution in [2.75, 3.05) is 37.9 Å². The minimum Gasteiger partial charge on any atom is -0.380 e. The number of aryl methyl sites for hydroxylation is 1. The molecule has 8 nitrogen and oxygen atoms in total. The number of benzene rings is 1. The van der Waals surface area contributed by atoms with Gasteiger partial charge in [-0.3, -0.25) is 4.79 Å². The van der Waals surface area contributed by atoms with Crippen molar-refractivity contribution < 1.29 is 9.53 Å². The Labute approximate surface area is 180 Å². The summed E-state index contributed by atoms with van der Waals surface area (Å²) in [6.45, 7) is 4.97. The van der Waals surface area contributed by atoms with Crippen molar-refractivity contribution in [1.82, 2.24) is 25.1 Å². The van der Waals surface area contributed by atoms with E-state index in [0.29, 0.717) is 44.4 Å². The molecular formula is C21H28N6O2S. The van der Waals surface area contributed by atoms with Crippen LogP contribution in [0.25, 0.3) is 11.0 Å². The summed E-state index contributed by atoms with van der Waals surface area (Å²) in [4.78, 5) is 21.3. The lowest BCUT2D eigenvalue weighted by Crippen LogP contribution is -2.27. The van der Waals surface area contributed by atoms with Gasteiger partial charge in [0.15, 0.2) is 10.8 Å². The van der Waals surface area contributed by atoms with Crippen LogP contribution in [0, 0.1) is 0 Å². The fourth-order valence-corrected chi connectivity index (χ4v) is 3.36. The standard InChI is InChI=1S/C21H28N6O2S/c1-3-29-14-12-23-19-17-15-24-27(20(17)26-21(25-19)30-2)13-11-22-18(28)10-9-16-7-5-4-6-8-16/h4-8,15H,3,9-14H2,1-2H3,(H,22,28)(H,23,25,26). The summed E-state index contributed by atoms with van der Waals surface area (Å²) in [7, 11) is 0. The average Bonchev–Trinajstić information content (AvgIpc) is 3.19. The number of anilines is 1. The van der Waals surface area contributed by atoms with Gasteiger partial charge in [0.05, 0.1) is 24.7 Å². The maximum Gasteiger partial charge on any atom is 0.220 e. The van der Waals surface area contributed by atoms with Gasteiger partial charge in [-0.05, 0) is 25.2 Å². The number of thioether (sulfide) groups is 1. The molecule has 2 heterocycles. The maximum atomic E-state index is 12.1. The first-order chi connectivity index (χ1) is 14.7. The lowest BCUT2D eigenvalue weighted by molar-refractivity contribution is -0.121. The van der Waals surface area contributed by atoms with E-state index in [1.807, 2.05) is 48.2 Å². The highest BCUT2D eigenvalue weighted by Gasteiger charge is 2.13. The van der Waals surface area contributed by atoms with E-state index in [9.17, 15) is 4.79 Å². The van der Waals surface area contributed by atoms with E-state index in [4.69, 9.17) is 4.74 Å². The highest BCUT2D eigenvalue weighted by atomic mass is 32.2. The molecule has 0 spiro atoms. The zero-order chi connectivity index (χ0) is 21.2. The number of carbonyl (C=O) groups is 1. The Morgan fingerprint density at radius 2 is 2.03 bits per heavy atom. The molecular weight excluding hydrogens is 400 g/mol. The third-order valence-electron chi connectivity index (χ3n) is 4.53. The quantitative estimate of drug-likeness (QED) is 0.260. The zero-order valence-electron chi connectivity index (χ0n) is 17.4. The summed E-state index contributed by atoms with van der Waals surface area (Å²) in [5.41, 5.74) is 1.92. The summed E-state index contributed by atoms with van der Waals surface area (Å²) in [6, 6.07) is 10.0. The van der Waals surface area contributed by atoms with Gasteiger partial charge in [0.1, 0.15) is 5.82 Å². The molecule has 3 aromatic rings. The van der Waals surface area contributed by atoms with Crippen molar-refractivity contribution in [3.8, 4) is 0 Å². The first-order valence-corrected chi connectivity index (χ1v) is 11.3. The topological polar surface area (TPSA) is 94.0 Å². The first kappa shape index (κ1) is 22.0. The van der Waals surface area contributed by atoms with Crippen LogP contribution in [0.2, 0.25) is 0 Å². The SMILES string of the molecule is CCOCCNc1nc(SC)nc2c1cnn2CCNC(=O)CCc1ccccc1. The Morgan fingerprint density at radius 1 is 1.20 bits per heavy atom. The lowest BCUT2D eigenvalue weighted by Gasteiger charge is -2.09. The number of hydrogen-bond donors (Lipinski definition) is 2. The molecule has 0 radical (unpaired) electrons. The predicted molar refractivity (Wildman–Crippen MR) is 120 cm³/mol. The van der Waals surface area contributed by atoms with Crippen LogP contribution in [0.5, 0.6) is 0 Å². The minimum atomic E-state index is 0.0352. The van der Waals surface area contributed by atoms with Crippen molar-refractivity contribution in [3.63, 3.8) is 0 Å². The van der Waals surface area contributed by atoms with Gasteiger partial charge in [0.25, 0.3) is 0 Å². The number of nitrogens with zero attached hydrogens (tertiary/aromatic N) is 4. The summed E-state index contributed by atoms with van der Waals surface area (Å²) >= 11 is 1.48. The first-order valence-electron chi connectivity index (χ1n) is 10.1. The van der Waals surface area contributed by atoms with Crippen molar-refractivity contribution >= 4 is 34.5 Å². The third-order valence-corrected chi connectivity index (χ3v) is 5.08. The molecule has 0 saturated heterocycles. The summed E-state index contributed by atoms with van der Waals surface area (Å²) in [5, 5.41) is 12.3. The van der Waals surface area contributed by atoms with Crippen LogP contribution in [0.3, 0.4) is 0 Å². The summed E-state index contributed by atoms with van der Waals surface area (Å²) in [6.07, 6.45) is 4.91. The predicted octanol–water partition coefficient (Wildman–Crippen LogP) is 2.75. The Bertz CT molecular complexity index is 947. The molecule has 9 heteroatoms. The van der Waals surface area contributed by atoms with E-state index >= 15 is 0 Å². The second-order valence-corrected chi connectivity index (χ2v) is 7.40. The molecule has 2 aromatic heterocycles. The van der Waals surface area contributed by atoms with E-state index in [1.54, 1.807) is 6.20 Å². The van der Waals surface area contributed by atoms with Crippen molar-refractivity contribution in [3.05, 3.63) is 42.1 Å². The van der Waals surface area contributed by atoms with Gasteiger partial charge in [-0.25, -0.2) is 14.6 Å².